The molecular weight excluding hydrogens is 386 g/mol. The van der Waals surface area contributed by atoms with Gasteiger partial charge >= 0.3 is 5.97 Å². The second-order valence-corrected chi connectivity index (χ2v) is 7.28. The fourth-order valence-corrected chi connectivity index (χ4v) is 3.33. The van der Waals surface area contributed by atoms with E-state index in [1.807, 2.05) is 13.8 Å². The van der Waals surface area contributed by atoms with Gasteiger partial charge in [0.2, 0.25) is 0 Å². The molecule has 0 saturated heterocycles. The Kier molecular flexibility index (Phi) is 5.96. The highest BCUT2D eigenvalue weighted by atomic mass is 35.5. The van der Waals surface area contributed by atoms with Gasteiger partial charge in [-0.1, -0.05) is 25.4 Å². The van der Waals surface area contributed by atoms with Crippen molar-refractivity contribution in [3.8, 4) is 22.8 Å². The highest BCUT2D eigenvalue weighted by Crippen LogP contribution is 2.44. The van der Waals surface area contributed by atoms with Gasteiger partial charge in [-0.25, -0.2) is 4.79 Å². The van der Waals surface area contributed by atoms with E-state index in [2.05, 4.69) is 0 Å². The number of carboxylic acids is 1. The van der Waals surface area contributed by atoms with E-state index in [-0.39, 0.29) is 11.5 Å². The molecule has 1 aliphatic rings. The van der Waals surface area contributed by atoms with Gasteiger partial charge in [0.05, 0.1) is 17.3 Å². The molecule has 1 aliphatic heterocycles. The number of carbonyl (C=O) groups is 1. The van der Waals surface area contributed by atoms with E-state index < -0.39 is 17.6 Å². The van der Waals surface area contributed by atoms with Crippen molar-refractivity contribution in [1.29, 1.82) is 0 Å². The van der Waals surface area contributed by atoms with Gasteiger partial charge in [-0.3, -0.25) is 4.79 Å². The summed E-state index contributed by atoms with van der Waals surface area (Å²) in [6.45, 7) is 4.93. The highest BCUT2D eigenvalue weighted by molar-refractivity contribution is 6.32. The Balaban J connectivity index is 2.07. The minimum absolute atomic E-state index is 0.0257. The van der Waals surface area contributed by atoms with Crippen LogP contribution in [0.25, 0.3) is 11.3 Å². The zero-order valence-electron chi connectivity index (χ0n) is 15.9. The van der Waals surface area contributed by atoms with Crippen molar-refractivity contribution in [2.75, 3.05) is 20.3 Å². The quantitative estimate of drug-likeness (QED) is 0.702. The van der Waals surface area contributed by atoms with Crippen LogP contribution < -0.4 is 14.9 Å². The van der Waals surface area contributed by atoms with Crippen LogP contribution in [0.4, 0.5) is 0 Å². The van der Waals surface area contributed by atoms with Gasteiger partial charge in [0.1, 0.15) is 17.1 Å². The predicted octanol–water partition coefficient (Wildman–Crippen LogP) is 3.83. The van der Waals surface area contributed by atoms with Crippen molar-refractivity contribution in [3.05, 3.63) is 45.2 Å². The number of carboxylic acid groups (broad SMARTS) is 1. The van der Waals surface area contributed by atoms with Crippen molar-refractivity contribution in [2.45, 2.75) is 26.5 Å². The van der Waals surface area contributed by atoms with Crippen LogP contribution in [0.1, 0.15) is 36.9 Å². The molecule has 3 rings (SSSR count). The molecule has 0 fully saturated rings. The van der Waals surface area contributed by atoms with Gasteiger partial charge in [0.25, 0.3) is 0 Å². The zero-order chi connectivity index (χ0) is 20.4. The Hall–Kier alpha value is -2.51. The normalized spacial score (nSPS) is 15.0. The van der Waals surface area contributed by atoms with Crippen molar-refractivity contribution in [3.63, 3.8) is 0 Å². The molecule has 8 heteroatoms. The molecule has 1 aromatic carbocycles. The van der Waals surface area contributed by atoms with Crippen LogP contribution in [0.2, 0.25) is 5.02 Å². The SMILES string of the molecule is COCCCOc1cc2c(cc1Cl)-c1cc(=O)c(C(=O)O)cn1C(C(C)C)O2. The molecule has 1 atom stereocenters. The molecule has 2 heterocycles. The number of ether oxygens (including phenoxy) is 3. The smallest absolute Gasteiger partial charge is 0.341 e. The molecule has 28 heavy (non-hydrogen) atoms. The Morgan fingerprint density at radius 3 is 2.71 bits per heavy atom. The monoisotopic (exact) mass is 407 g/mol. The molecule has 0 saturated carbocycles. The lowest BCUT2D eigenvalue weighted by Crippen LogP contribution is -2.30. The summed E-state index contributed by atoms with van der Waals surface area (Å²) in [4.78, 5) is 23.6. The molecule has 2 aromatic rings. The lowest BCUT2D eigenvalue weighted by atomic mass is 10.0. The Morgan fingerprint density at radius 1 is 1.32 bits per heavy atom. The predicted molar refractivity (Wildman–Crippen MR) is 105 cm³/mol. The minimum Gasteiger partial charge on any atom is -0.492 e. The molecule has 0 bridgehead atoms. The molecule has 0 radical (unpaired) electrons. The lowest BCUT2D eigenvalue weighted by molar-refractivity contribution is 0.0677. The highest BCUT2D eigenvalue weighted by Gasteiger charge is 2.30. The second-order valence-electron chi connectivity index (χ2n) is 6.88. The number of pyridine rings is 1. The fraction of sp³-hybridized carbons (Fsp3) is 0.400. The molecule has 0 spiro atoms. The number of fused-ring (bicyclic) bond motifs is 3. The van der Waals surface area contributed by atoms with Crippen LogP contribution >= 0.6 is 11.6 Å². The van der Waals surface area contributed by atoms with Crippen LogP contribution in [-0.4, -0.2) is 36.0 Å². The summed E-state index contributed by atoms with van der Waals surface area (Å²) in [6.07, 6.45) is 1.58. The fourth-order valence-electron chi connectivity index (χ4n) is 3.11. The molecule has 0 amide bonds. The summed E-state index contributed by atoms with van der Waals surface area (Å²) in [5, 5.41) is 9.67. The first-order valence-electron chi connectivity index (χ1n) is 8.95. The number of halogens is 1. The first kappa shape index (κ1) is 20.2. The van der Waals surface area contributed by atoms with Gasteiger partial charge in [-0.15, -0.1) is 0 Å². The topological polar surface area (TPSA) is 87.0 Å². The number of rotatable bonds is 7. The first-order chi connectivity index (χ1) is 13.3. The number of methoxy groups -OCH3 is 1. The van der Waals surface area contributed by atoms with Crippen LogP contribution in [0.5, 0.6) is 11.5 Å². The van der Waals surface area contributed by atoms with Crippen LogP contribution in [0.15, 0.2) is 29.2 Å². The summed E-state index contributed by atoms with van der Waals surface area (Å²) < 4.78 is 18.5. The van der Waals surface area contributed by atoms with Crippen LogP contribution in [-0.2, 0) is 4.74 Å². The number of aromatic nitrogens is 1. The third-order valence-electron chi connectivity index (χ3n) is 4.46. The average molecular weight is 408 g/mol. The van der Waals surface area contributed by atoms with Gasteiger partial charge in [-0.2, -0.15) is 0 Å². The second kappa shape index (κ2) is 8.24. The molecule has 0 aliphatic carbocycles. The first-order valence-corrected chi connectivity index (χ1v) is 9.33. The zero-order valence-corrected chi connectivity index (χ0v) is 16.7. The average Bonchev–Trinajstić information content (AvgIpc) is 2.64. The van der Waals surface area contributed by atoms with Crippen molar-refractivity contribution >= 4 is 17.6 Å². The summed E-state index contributed by atoms with van der Waals surface area (Å²) in [7, 11) is 1.63. The van der Waals surface area contributed by atoms with Gasteiger partial charge in [0.15, 0.2) is 11.7 Å². The standard InChI is InChI=1S/C20H22ClNO6/c1-11(2)19-22-10-13(20(24)25)16(23)8-15(22)12-7-14(21)18(9-17(12)28-19)27-6-4-5-26-3/h7-11,19H,4-6H2,1-3H3,(H,24,25). The number of hydrogen-bond donors (Lipinski definition) is 1. The summed E-state index contributed by atoms with van der Waals surface area (Å²) >= 11 is 6.37. The molecule has 150 valence electrons. The van der Waals surface area contributed by atoms with Crippen LogP contribution in [0, 0.1) is 5.92 Å². The number of benzene rings is 1. The van der Waals surface area contributed by atoms with E-state index in [0.29, 0.717) is 41.0 Å². The Labute approximate surface area is 167 Å². The van der Waals surface area contributed by atoms with E-state index in [0.717, 1.165) is 6.42 Å². The van der Waals surface area contributed by atoms with E-state index in [1.54, 1.807) is 23.8 Å². The third-order valence-corrected chi connectivity index (χ3v) is 4.76. The van der Waals surface area contributed by atoms with E-state index >= 15 is 0 Å². The molecule has 1 N–H and O–H groups in total. The number of hydrogen-bond acceptors (Lipinski definition) is 5. The molecule has 7 nitrogen and oxygen atoms in total. The minimum atomic E-state index is -1.27. The van der Waals surface area contributed by atoms with E-state index in [1.165, 1.54) is 12.3 Å². The van der Waals surface area contributed by atoms with Gasteiger partial charge < -0.3 is 23.9 Å². The third kappa shape index (κ3) is 3.86. The Bertz CT molecular complexity index is 952. The largest absolute Gasteiger partial charge is 0.492 e. The molecular formula is C20H22ClNO6. The maximum atomic E-state index is 12.3. The van der Waals surface area contributed by atoms with Gasteiger partial charge in [0, 0.05) is 49.9 Å². The van der Waals surface area contributed by atoms with E-state index in [9.17, 15) is 14.7 Å². The van der Waals surface area contributed by atoms with Gasteiger partial charge in [-0.05, 0) is 6.07 Å². The molecule has 1 unspecified atom stereocenters. The summed E-state index contributed by atoms with van der Waals surface area (Å²) in [5.74, 6) is -0.228. The van der Waals surface area contributed by atoms with Crippen molar-refractivity contribution in [1.82, 2.24) is 4.57 Å². The van der Waals surface area contributed by atoms with Crippen molar-refractivity contribution in [2.24, 2.45) is 5.92 Å². The summed E-state index contributed by atoms with van der Waals surface area (Å²) in [5.41, 5.74) is 0.304. The maximum Gasteiger partial charge on any atom is 0.341 e. The number of aromatic carboxylic acids is 1. The van der Waals surface area contributed by atoms with Crippen molar-refractivity contribution < 1.29 is 24.1 Å². The lowest BCUT2D eigenvalue weighted by Gasteiger charge is -2.34. The van der Waals surface area contributed by atoms with E-state index in [4.69, 9.17) is 25.8 Å². The molecule has 1 aromatic heterocycles. The Morgan fingerprint density at radius 2 is 2.07 bits per heavy atom. The number of nitrogens with zero attached hydrogens (tertiary/aromatic N) is 1. The maximum absolute atomic E-state index is 12.3. The summed E-state index contributed by atoms with van der Waals surface area (Å²) in [6, 6.07) is 4.69. The van der Waals surface area contributed by atoms with Crippen LogP contribution in [0.3, 0.4) is 0 Å².